The van der Waals surface area contributed by atoms with Crippen LogP contribution in [-0.4, -0.2) is 38.6 Å². The number of rotatable bonds is 7. The SMILES string of the molecule is CC(C)(C)S(=O)N[C@H](CCC1OCCCO1)c1cc(F)cnc1CO. The van der Waals surface area contributed by atoms with E-state index in [1.807, 2.05) is 20.8 Å². The molecule has 1 aromatic rings. The number of ether oxygens (including phenoxy) is 2. The third kappa shape index (κ3) is 6.07. The van der Waals surface area contributed by atoms with Gasteiger partial charge < -0.3 is 14.6 Å². The number of nitrogens with one attached hydrogen (secondary N) is 1. The lowest BCUT2D eigenvalue weighted by atomic mass is 10.0. The summed E-state index contributed by atoms with van der Waals surface area (Å²) in [4.78, 5) is 3.96. The van der Waals surface area contributed by atoms with E-state index in [-0.39, 0.29) is 12.9 Å². The highest BCUT2D eigenvalue weighted by molar-refractivity contribution is 7.84. The monoisotopic (exact) mass is 374 g/mol. The van der Waals surface area contributed by atoms with Gasteiger partial charge in [0, 0.05) is 12.5 Å². The number of aliphatic hydroxyl groups is 1. The molecule has 0 aromatic carbocycles. The quantitative estimate of drug-likeness (QED) is 0.766. The van der Waals surface area contributed by atoms with Crippen LogP contribution in [0.4, 0.5) is 4.39 Å². The van der Waals surface area contributed by atoms with Crippen LogP contribution in [0, 0.1) is 5.82 Å². The molecule has 8 heteroatoms. The van der Waals surface area contributed by atoms with E-state index in [1.54, 1.807) is 0 Å². The van der Waals surface area contributed by atoms with Crippen molar-refractivity contribution in [2.24, 2.45) is 0 Å². The second-order valence-electron chi connectivity index (χ2n) is 7.00. The Bertz CT molecular complexity index is 589. The van der Waals surface area contributed by atoms with E-state index >= 15 is 0 Å². The van der Waals surface area contributed by atoms with Crippen LogP contribution in [0.25, 0.3) is 0 Å². The summed E-state index contributed by atoms with van der Waals surface area (Å²) in [6.07, 6.45) is 2.71. The number of hydrogen-bond acceptors (Lipinski definition) is 5. The molecule has 0 amide bonds. The second-order valence-corrected chi connectivity index (χ2v) is 9.00. The molecule has 2 rings (SSSR count). The molecule has 0 radical (unpaired) electrons. The maximum absolute atomic E-state index is 13.7. The maximum atomic E-state index is 13.7. The zero-order valence-electron chi connectivity index (χ0n) is 15.0. The lowest BCUT2D eigenvalue weighted by molar-refractivity contribution is -0.182. The minimum Gasteiger partial charge on any atom is -0.390 e. The zero-order chi connectivity index (χ0) is 18.4. The van der Waals surface area contributed by atoms with Crippen LogP contribution in [0.2, 0.25) is 0 Å². The van der Waals surface area contributed by atoms with E-state index in [0.717, 1.165) is 12.6 Å². The summed E-state index contributed by atoms with van der Waals surface area (Å²) in [5.41, 5.74) is 0.881. The summed E-state index contributed by atoms with van der Waals surface area (Å²) in [6.45, 7) is 6.57. The molecule has 1 aliphatic heterocycles. The first-order chi connectivity index (χ1) is 11.8. The van der Waals surface area contributed by atoms with Gasteiger partial charge in [0.1, 0.15) is 5.82 Å². The predicted octanol–water partition coefficient (Wildman–Crippen LogP) is 2.35. The van der Waals surface area contributed by atoms with Crippen molar-refractivity contribution >= 4 is 11.0 Å². The number of aromatic nitrogens is 1. The number of nitrogens with zero attached hydrogens (tertiary/aromatic N) is 1. The zero-order valence-corrected chi connectivity index (χ0v) is 15.8. The van der Waals surface area contributed by atoms with Gasteiger partial charge in [0.15, 0.2) is 6.29 Å². The van der Waals surface area contributed by atoms with Crippen LogP contribution in [0.1, 0.15) is 57.3 Å². The number of halogens is 1. The van der Waals surface area contributed by atoms with Crippen LogP contribution in [0.15, 0.2) is 12.3 Å². The number of hydrogen-bond donors (Lipinski definition) is 2. The number of pyridine rings is 1. The molecule has 0 aliphatic carbocycles. The largest absolute Gasteiger partial charge is 0.390 e. The standard InChI is InChI=1S/C17H27FN2O4S/c1-17(2,3)25(22)20-14(5-6-16-23-7-4-8-24-16)13-9-12(18)10-19-15(13)11-21/h9-10,14,16,20-21H,4-8,11H2,1-3H3/t14-,25?/m1/s1. The molecule has 1 saturated heterocycles. The Kier molecular flexibility index (Phi) is 7.45. The van der Waals surface area contributed by atoms with E-state index in [4.69, 9.17) is 9.47 Å². The summed E-state index contributed by atoms with van der Waals surface area (Å²) < 4.78 is 39.9. The molecule has 2 N–H and O–H groups in total. The average molecular weight is 374 g/mol. The molecular formula is C17H27FN2O4S. The van der Waals surface area contributed by atoms with E-state index in [2.05, 4.69) is 9.71 Å². The summed E-state index contributed by atoms with van der Waals surface area (Å²) in [6, 6.07) is 0.901. The maximum Gasteiger partial charge on any atom is 0.157 e. The molecule has 142 valence electrons. The lowest BCUT2D eigenvalue weighted by Crippen LogP contribution is -2.37. The summed E-state index contributed by atoms with van der Waals surface area (Å²) >= 11 is 0. The Hall–Kier alpha value is -0.930. The predicted molar refractivity (Wildman–Crippen MR) is 93.4 cm³/mol. The third-order valence-corrected chi connectivity index (χ3v) is 5.50. The molecular weight excluding hydrogens is 347 g/mol. The van der Waals surface area contributed by atoms with Crippen molar-refractivity contribution in [3.8, 4) is 0 Å². The summed E-state index contributed by atoms with van der Waals surface area (Å²) in [5.74, 6) is -0.495. The van der Waals surface area contributed by atoms with Crippen LogP contribution < -0.4 is 4.72 Å². The van der Waals surface area contributed by atoms with E-state index < -0.39 is 27.6 Å². The van der Waals surface area contributed by atoms with Crippen molar-refractivity contribution < 1.29 is 23.2 Å². The topological polar surface area (TPSA) is 80.7 Å². The molecule has 0 bridgehead atoms. The smallest absolute Gasteiger partial charge is 0.157 e. The highest BCUT2D eigenvalue weighted by Crippen LogP contribution is 2.26. The van der Waals surface area contributed by atoms with Gasteiger partial charge in [-0.2, -0.15) is 0 Å². The van der Waals surface area contributed by atoms with Crippen LogP contribution in [0.5, 0.6) is 0 Å². The van der Waals surface area contributed by atoms with Gasteiger partial charge in [-0.15, -0.1) is 0 Å². The fourth-order valence-electron chi connectivity index (χ4n) is 2.51. The Morgan fingerprint density at radius 3 is 2.72 bits per heavy atom. The Balaban J connectivity index is 2.18. The van der Waals surface area contributed by atoms with E-state index in [0.29, 0.717) is 37.3 Å². The van der Waals surface area contributed by atoms with Crippen LogP contribution >= 0.6 is 0 Å². The van der Waals surface area contributed by atoms with Gasteiger partial charge >= 0.3 is 0 Å². The summed E-state index contributed by atoms with van der Waals surface area (Å²) in [7, 11) is -1.35. The van der Waals surface area contributed by atoms with Gasteiger partial charge in [-0.05, 0) is 45.2 Å². The van der Waals surface area contributed by atoms with Crippen molar-refractivity contribution in [3.05, 3.63) is 29.3 Å². The average Bonchev–Trinajstić information content (AvgIpc) is 2.58. The molecule has 1 fully saturated rings. The molecule has 2 heterocycles. The molecule has 6 nitrogen and oxygen atoms in total. The molecule has 0 saturated carbocycles. The molecule has 1 aromatic heterocycles. The Labute approximate surface area is 150 Å². The fraction of sp³-hybridized carbons (Fsp3) is 0.706. The van der Waals surface area contributed by atoms with Crippen molar-refractivity contribution in [1.82, 2.24) is 9.71 Å². The van der Waals surface area contributed by atoms with Gasteiger partial charge in [-0.3, -0.25) is 4.98 Å². The third-order valence-electron chi connectivity index (χ3n) is 3.89. The highest BCUT2D eigenvalue weighted by Gasteiger charge is 2.27. The fourth-order valence-corrected chi connectivity index (χ4v) is 3.36. The van der Waals surface area contributed by atoms with Crippen LogP contribution in [-0.2, 0) is 27.1 Å². The van der Waals surface area contributed by atoms with Crippen molar-refractivity contribution in [2.75, 3.05) is 13.2 Å². The Morgan fingerprint density at radius 1 is 1.44 bits per heavy atom. The molecule has 0 spiro atoms. The lowest BCUT2D eigenvalue weighted by Gasteiger charge is -2.28. The summed E-state index contributed by atoms with van der Waals surface area (Å²) in [5, 5.41) is 9.53. The highest BCUT2D eigenvalue weighted by atomic mass is 32.2. The minimum atomic E-state index is -1.35. The number of aliphatic hydroxyl groups excluding tert-OH is 1. The first-order valence-corrected chi connectivity index (χ1v) is 9.62. The minimum absolute atomic E-state index is 0.313. The van der Waals surface area contributed by atoms with Gasteiger partial charge in [0.25, 0.3) is 0 Å². The molecule has 25 heavy (non-hydrogen) atoms. The van der Waals surface area contributed by atoms with E-state index in [1.165, 1.54) is 6.07 Å². The van der Waals surface area contributed by atoms with Gasteiger partial charge in [0.2, 0.25) is 0 Å². The van der Waals surface area contributed by atoms with Crippen molar-refractivity contribution in [2.45, 2.75) is 63.7 Å². The van der Waals surface area contributed by atoms with Gasteiger partial charge in [-0.25, -0.2) is 13.3 Å². The second kappa shape index (κ2) is 9.14. The van der Waals surface area contributed by atoms with Gasteiger partial charge in [-0.1, -0.05) is 0 Å². The van der Waals surface area contributed by atoms with Crippen molar-refractivity contribution in [1.29, 1.82) is 0 Å². The molecule has 1 aliphatic rings. The van der Waals surface area contributed by atoms with Crippen LogP contribution in [0.3, 0.4) is 0 Å². The molecule has 1 unspecified atom stereocenters. The van der Waals surface area contributed by atoms with Gasteiger partial charge in [0.05, 0.1) is 47.4 Å². The van der Waals surface area contributed by atoms with Crippen molar-refractivity contribution in [3.63, 3.8) is 0 Å². The first-order valence-electron chi connectivity index (χ1n) is 8.47. The first kappa shape index (κ1) is 20.4. The Morgan fingerprint density at radius 2 is 2.12 bits per heavy atom. The van der Waals surface area contributed by atoms with E-state index in [9.17, 15) is 13.7 Å². The molecule has 2 atom stereocenters. The normalized spacial score (nSPS) is 18.9.